The van der Waals surface area contributed by atoms with Crippen LogP contribution in [0, 0.1) is 5.92 Å². The molecule has 0 saturated heterocycles. The molecule has 0 aliphatic heterocycles. The van der Waals surface area contributed by atoms with Crippen LogP contribution in [0.1, 0.15) is 39.5 Å². The zero-order valence-electron chi connectivity index (χ0n) is 12.7. The molecule has 116 valence electrons. The van der Waals surface area contributed by atoms with Crippen molar-refractivity contribution in [3.05, 3.63) is 0 Å². The molecule has 2 amide bonds. The van der Waals surface area contributed by atoms with Crippen LogP contribution in [0.3, 0.4) is 0 Å². The molecule has 3 unspecified atom stereocenters. The van der Waals surface area contributed by atoms with Crippen LogP contribution >= 0.6 is 0 Å². The molecule has 0 radical (unpaired) electrons. The van der Waals surface area contributed by atoms with E-state index in [1.54, 1.807) is 14.0 Å². The van der Waals surface area contributed by atoms with E-state index in [0.717, 1.165) is 12.8 Å². The first-order valence-corrected chi connectivity index (χ1v) is 7.25. The van der Waals surface area contributed by atoms with E-state index >= 15 is 0 Å². The molecule has 0 bridgehead atoms. The predicted molar refractivity (Wildman–Crippen MR) is 77.0 cm³/mol. The highest BCUT2D eigenvalue weighted by Gasteiger charge is 2.38. The largest absolute Gasteiger partial charge is 0.383 e. The third-order valence-electron chi connectivity index (χ3n) is 3.83. The maximum Gasteiger partial charge on any atom is 0.242 e. The van der Waals surface area contributed by atoms with E-state index in [1.807, 2.05) is 0 Å². The summed E-state index contributed by atoms with van der Waals surface area (Å²) in [7, 11) is 1.57. The topological polar surface area (TPSA) is 93.5 Å². The van der Waals surface area contributed by atoms with Crippen molar-refractivity contribution in [2.24, 2.45) is 11.7 Å². The van der Waals surface area contributed by atoms with Gasteiger partial charge in [0, 0.05) is 13.7 Å². The summed E-state index contributed by atoms with van der Waals surface area (Å²) in [5.74, 6) is 0.00614. The molecule has 1 aliphatic carbocycles. The third kappa shape index (κ3) is 4.76. The van der Waals surface area contributed by atoms with Gasteiger partial charge in [-0.05, 0) is 25.7 Å². The summed E-state index contributed by atoms with van der Waals surface area (Å²) in [5.41, 5.74) is 5.36. The highest BCUT2D eigenvalue weighted by Crippen LogP contribution is 2.30. The lowest BCUT2D eigenvalue weighted by Crippen LogP contribution is -2.59. The number of carbonyl (C=O) groups is 2. The number of methoxy groups -OCH3 is 1. The predicted octanol–water partition coefficient (Wildman–Crippen LogP) is 0.161. The molecule has 6 nitrogen and oxygen atoms in total. The van der Waals surface area contributed by atoms with Crippen molar-refractivity contribution >= 4 is 11.8 Å². The van der Waals surface area contributed by atoms with Crippen LogP contribution < -0.4 is 16.4 Å². The fourth-order valence-corrected chi connectivity index (χ4v) is 2.63. The minimum atomic E-state index is -0.835. The van der Waals surface area contributed by atoms with Gasteiger partial charge in [0.2, 0.25) is 11.8 Å². The summed E-state index contributed by atoms with van der Waals surface area (Å²) < 4.78 is 4.85. The zero-order chi connectivity index (χ0) is 15.2. The molecular weight excluding hydrogens is 258 g/mol. The zero-order valence-corrected chi connectivity index (χ0v) is 12.7. The van der Waals surface area contributed by atoms with Gasteiger partial charge in [-0.1, -0.05) is 19.8 Å². The van der Waals surface area contributed by atoms with Gasteiger partial charge in [-0.25, -0.2) is 0 Å². The Labute approximate surface area is 120 Å². The number of nitrogens with one attached hydrogen (secondary N) is 2. The number of nitrogens with two attached hydrogens (primary N) is 1. The molecule has 0 aromatic carbocycles. The Morgan fingerprint density at radius 2 is 2.20 bits per heavy atom. The first-order valence-electron chi connectivity index (χ1n) is 7.25. The van der Waals surface area contributed by atoms with E-state index < -0.39 is 11.6 Å². The van der Waals surface area contributed by atoms with Gasteiger partial charge in [0.15, 0.2) is 0 Å². The Hall–Kier alpha value is -1.14. The summed E-state index contributed by atoms with van der Waals surface area (Å²) in [6.45, 7) is 4.65. The Kier molecular flexibility index (Phi) is 6.42. The average molecular weight is 285 g/mol. The summed E-state index contributed by atoms with van der Waals surface area (Å²) in [6.07, 6.45) is 3.43. The quantitative estimate of drug-likeness (QED) is 0.606. The standard InChI is InChI=1S/C14H27N3O3/c1-10-5-4-6-14(15,9-10)13(19)17-11(2)12(18)16-7-8-20-3/h10-11H,4-9,15H2,1-3H3,(H,16,18)(H,17,19). The lowest BCUT2D eigenvalue weighted by atomic mass is 9.76. The van der Waals surface area contributed by atoms with Crippen LogP contribution in [0.4, 0.5) is 0 Å². The second-order valence-electron chi connectivity index (χ2n) is 5.84. The Bertz CT molecular complexity index is 349. The molecule has 6 heteroatoms. The third-order valence-corrected chi connectivity index (χ3v) is 3.83. The van der Waals surface area contributed by atoms with E-state index in [0.29, 0.717) is 31.9 Å². The van der Waals surface area contributed by atoms with Gasteiger partial charge in [0.05, 0.1) is 12.1 Å². The number of ether oxygens (including phenoxy) is 1. The molecule has 1 rings (SSSR count). The second kappa shape index (κ2) is 7.59. The molecular formula is C14H27N3O3. The average Bonchev–Trinajstić information content (AvgIpc) is 2.38. The van der Waals surface area contributed by atoms with Crippen LogP contribution in [0.5, 0.6) is 0 Å². The van der Waals surface area contributed by atoms with Gasteiger partial charge in [0.1, 0.15) is 6.04 Å². The van der Waals surface area contributed by atoms with E-state index in [1.165, 1.54) is 0 Å². The monoisotopic (exact) mass is 285 g/mol. The minimum absolute atomic E-state index is 0.220. The van der Waals surface area contributed by atoms with Crippen molar-refractivity contribution in [1.29, 1.82) is 0 Å². The molecule has 0 aromatic heterocycles. The van der Waals surface area contributed by atoms with Crippen LogP contribution in [0.25, 0.3) is 0 Å². The highest BCUT2D eigenvalue weighted by molar-refractivity contribution is 5.91. The van der Waals surface area contributed by atoms with Crippen LogP contribution in [-0.4, -0.2) is 43.7 Å². The minimum Gasteiger partial charge on any atom is -0.383 e. The van der Waals surface area contributed by atoms with Gasteiger partial charge in [-0.15, -0.1) is 0 Å². The Morgan fingerprint density at radius 1 is 1.50 bits per heavy atom. The maximum atomic E-state index is 12.3. The molecule has 1 aliphatic rings. The molecule has 1 fully saturated rings. The fraction of sp³-hybridized carbons (Fsp3) is 0.857. The summed E-state index contributed by atoms with van der Waals surface area (Å²) in [6, 6.07) is -0.586. The van der Waals surface area contributed by atoms with Gasteiger partial charge in [-0.3, -0.25) is 9.59 Å². The molecule has 0 aromatic rings. The van der Waals surface area contributed by atoms with Crippen molar-refractivity contribution in [1.82, 2.24) is 10.6 Å². The van der Waals surface area contributed by atoms with Crippen LogP contribution in [-0.2, 0) is 14.3 Å². The number of amides is 2. The number of carbonyl (C=O) groups excluding carboxylic acids is 2. The molecule has 4 N–H and O–H groups in total. The molecule has 3 atom stereocenters. The van der Waals surface area contributed by atoms with E-state index in [2.05, 4.69) is 17.6 Å². The van der Waals surface area contributed by atoms with Crippen LogP contribution in [0.2, 0.25) is 0 Å². The SMILES string of the molecule is COCCNC(=O)C(C)NC(=O)C1(N)CCCC(C)C1. The number of hydrogen-bond acceptors (Lipinski definition) is 4. The van der Waals surface area contributed by atoms with Crippen molar-refractivity contribution in [2.75, 3.05) is 20.3 Å². The first kappa shape index (κ1) is 16.9. The molecule has 1 saturated carbocycles. The maximum absolute atomic E-state index is 12.3. The lowest BCUT2D eigenvalue weighted by molar-refractivity contribution is -0.132. The number of hydrogen-bond donors (Lipinski definition) is 3. The summed E-state index contributed by atoms with van der Waals surface area (Å²) in [4.78, 5) is 24.1. The normalized spacial score (nSPS) is 27.7. The fourth-order valence-electron chi connectivity index (χ4n) is 2.63. The summed E-state index contributed by atoms with van der Waals surface area (Å²) >= 11 is 0. The molecule has 0 heterocycles. The van der Waals surface area contributed by atoms with Crippen molar-refractivity contribution in [3.8, 4) is 0 Å². The molecule has 0 spiro atoms. The van der Waals surface area contributed by atoms with Crippen LogP contribution in [0.15, 0.2) is 0 Å². The Balaban J connectivity index is 2.45. The summed E-state index contributed by atoms with van der Waals surface area (Å²) in [5, 5.41) is 5.41. The van der Waals surface area contributed by atoms with Gasteiger partial charge in [-0.2, -0.15) is 0 Å². The van der Waals surface area contributed by atoms with Crippen molar-refractivity contribution in [2.45, 2.75) is 51.1 Å². The highest BCUT2D eigenvalue weighted by atomic mass is 16.5. The number of rotatable bonds is 6. The van der Waals surface area contributed by atoms with E-state index in [-0.39, 0.29) is 11.8 Å². The second-order valence-corrected chi connectivity index (χ2v) is 5.84. The van der Waals surface area contributed by atoms with E-state index in [9.17, 15) is 9.59 Å². The van der Waals surface area contributed by atoms with E-state index in [4.69, 9.17) is 10.5 Å². The first-order chi connectivity index (χ1) is 9.39. The molecule has 20 heavy (non-hydrogen) atoms. The van der Waals surface area contributed by atoms with Crippen molar-refractivity contribution in [3.63, 3.8) is 0 Å². The van der Waals surface area contributed by atoms with Gasteiger partial charge in [0.25, 0.3) is 0 Å². The lowest BCUT2D eigenvalue weighted by Gasteiger charge is -2.36. The van der Waals surface area contributed by atoms with Gasteiger partial charge < -0.3 is 21.1 Å². The Morgan fingerprint density at radius 3 is 2.80 bits per heavy atom. The van der Waals surface area contributed by atoms with Crippen molar-refractivity contribution < 1.29 is 14.3 Å². The van der Waals surface area contributed by atoms with Gasteiger partial charge >= 0.3 is 0 Å². The smallest absolute Gasteiger partial charge is 0.242 e.